The fraction of sp³-hybridized carbons (Fsp3) is 0.818. The van der Waals surface area contributed by atoms with Crippen LogP contribution in [0.1, 0.15) is 33.6 Å². The van der Waals surface area contributed by atoms with Crippen molar-refractivity contribution in [3.63, 3.8) is 0 Å². The molecule has 1 rings (SSSR count). The number of hydrogen-bond donors (Lipinski definition) is 1. The van der Waals surface area contributed by atoms with Crippen LogP contribution in [0.2, 0.25) is 0 Å². The van der Waals surface area contributed by atoms with Gasteiger partial charge in [0.2, 0.25) is 0 Å². The van der Waals surface area contributed by atoms with E-state index in [9.17, 15) is 4.79 Å². The molecule has 0 saturated carbocycles. The average molecular weight is 225 g/mol. The molecule has 1 atom stereocenters. The van der Waals surface area contributed by atoms with Crippen LogP contribution in [0.25, 0.3) is 0 Å². The van der Waals surface area contributed by atoms with Gasteiger partial charge in [0.1, 0.15) is 5.60 Å². The summed E-state index contributed by atoms with van der Waals surface area (Å²) in [6.45, 7) is 6.85. The first kappa shape index (κ1) is 12.6. The van der Waals surface area contributed by atoms with Gasteiger partial charge in [-0.2, -0.15) is 5.26 Å². The van der Waals surface area contributed by atoms with Crippen molar-refractivity contribution in [1.29, 1.82) is 5.26 Å². The number of nitrogens with one attached hydrogen (secondary N) is 1. The first-order valence-corrected chi connectivity index (χ1v) is 5.55. The normalized spacial score (nSPS) is 21.1. The van der Waals surface area contributed by atoms with Gasteiger partial charge >= 0.3 is 6.09 Å². The zero-order valence-electron chi connectivity index (χ0n) is 10.1. The molecule has 1 fully saturated rings. The lowest BCUT2D eigenvalue weighted by Gasteiger charge is -2.30. The number of likely N-dealkylation sites (tertiary alicyclic amines) is 1. The molecule has 5 nitrogen and oxygen atoms in total. The van der Waals surface area contributed by atoms with E-state index in [1.54, 1.807) is 4.90 Å². The van der Waals surface area contributed by atoms with Gasteiger partial charge in [-0.25, -0.2) is 4.79 Å². The number of alkyl carbamates (subject to hydrolysis) is 1. The van der Waals surface area contributed by atoms with Gasteiger partial charge in [-0.1, -0.05) is 0 Å². The minimum Gasteiger partial charge on any atom is -0.444 e. The molecule has 0 aromatic carbocycles. The Morgan fingerprint density at radius 3 is 2.81 bits per heavy atom. The third-order valence-electron chi connectivity index (χ3n) is 2.28. The minimum absolute atomic E-state index is 0.0169. The van der Waals surface area contributed by atoms with Crippen molar-refractivity contribution in [2.75, 3.05) is 13.1 Å². The number of carbonyl (C=O) groups excluding carboxylic acids is 1. The summed E-state index contributed by atoms with van der Waals surface area (Å²) >= 11 is 0. The number of nitriles is 1. The Morgan fingerprint density at radius 1 is 1.56 bits per heavy atom. The predicted molar refractivity (Wildman–Crippen MR) is 59.6 cm³/mol. The Balaban J connectivity index is 2.37. The van der Waals surface area contributed by atoms with E-state index in [2.05, 4.69) is 11.5 Å². The van der Waals surface area contributed by atoms with Crippen molar-refractivity contribution >= 4 is 6.09 Å². The Morgan fingerprint density at radius 2 is 2.25 bits per heavy atom. The molecule has 1 N–H and O–H groups in total. The fourth-order valence-corrected chi connectivity index (χ4v) is 1.66. The lowest BCUT2D eigenvalue weighted by Crippen LogP contribution is -2.47. The van der Waals surface area contributed by atoms with E-state index < -0.39 is 11.7 Å². The van der Waals surface area contributed by atoms with Gasteiger partial charge in [0, 0.05) is 13.1 Å². The number of ether oxygens (including phenoxy) is 1. The molecule has 0 aliphatic carbocycles. The SMILES string of the molecule is CC(C)(C)OC(=O)NC1CCCN(C#N)C1. The lowest BCUT2D eigenvalue weighted by molar-refractivity contribution is 0.0484. The van der Waals surface area contributed by atoms with Crippen LogP contribution in [0, 0.1) is 11.5 Å². The van der Waals surface area contributed by atoms with Crippen molar-refractivity contribution in [2.24, 2.45) is 0 Å². The highest BCUT2D eigenvalue weighted by molar-refractivity contribution is 5.68. The molecule has 1 unspecified atom stereocenters. The van der Waals surface area contributed by atoms with Crippen molar-refractivity contribution in [2.45, 2.75) is 45.3 Å². The van der Waals surface area contributed by atoms with E-state index in [0.29, 0.717) is 6.54 Å². The summed E-state index contributed by atoms with van der Waals surface area (Å²) in [4.78, 5) is 13.1. The van der Waals surface area contributed by atoms with Gasteiger partial charge in [0.05, 0.1) is 6.04 Å². The molecule has 0 radical (unpaired) electrons. The van der Waals surface area contributed by atoms with Crippen LogP contribution in [0.5, 0.6) is 0 Å². The second-order valence-corrected chi connectivity index (χ2v) is 5.03. The molecule has 0 aromatic rings. The van der Waals surface area contributed by atoms with Gasteiger partial charge in [0.25, 0.3) is 0 Å². The number of piperidine rings is 1. The van der Waals surface area contributed by atoms with E-state index >= 15 is 0 Å². The van der Waals surface area contributed by atoms with Gasteiger partial charge in [-0.15, -0.1) is 0 Å². The third-order valence-corrected chi connectivity index (χ3v) is 2.28. The van der Waals surface area contributed by atoms with E-state index in [0.717, 1.165) is 19.4 Å². The molecule has 90 valence electrons. The zero-order valence-corrected chi connectivity index (χ0v) is 10.1. The maximum Gasteiger partial charge on any atom is 0.407 e. The molecule has 0 spiro atoms. The Kier molecular flexibility index (Phi) is 3.99. The van der Waals surface area contributed by atoms with Gasteiger partial charge in [0.15, 0.2) is 6.19 Å². The lowest BCUT2D eigenvalue weighted by atomic mass is 10.1. The van der Waals surface area contributed by atoms with Crippen LogP contribution in [-0.2, 0) is 4.74 Å². The molecule has 0 bridgehead atoms. The van der Waals surface area contributed by atoms with Crippen LogP contribution in [0.15, 0.2) is 0 Å². The Bertz CT molecular complexity index is 291. The molecule has 1 amide bonds. The second-order valence-electron chi connectivity index (χ2n) is 5.03. The largest absolute Gasteiger partial charge is 0.444 e. The van der Waals surface area contributed by atoms with Crippen molar-refractivity contribution in [1.82, 2.24) is 10.2 Å². The first-order chi connectivity index (χ1) is 7.40. The molecular weight excluding hydrogens is 206 g/mol. The fourth-order valence-electron chi connectivity index (χ4n) is 1.66. The Labute approximate surface area is 96.4 Å². The van der Waals surface area contributed by atoms with Crippen LogP contribution >= 0.6 is 0 Å². The smallest absolute Gasteiger partial charge is 0.407 e. The molecule has 0 aromatic heterocycles. The van der Waals surface area contributed by atoms with E-state index in [-0.39, 0.29) is 6.04 Å². The van der Waals surface area contributed by atoms with Crippen LogP contribution in [0.4, 0.5) is 4.79 Å². The zero-order chi connectivity index (χ0) is 12.2. The van der Waals surface area contributed by atoms with Crippen molar-refractivity contribution in [3.8, 4) is 6.19 Å². The number of rotatable bonds is 1. The van der Waals surface area contributed by atoms with Crippen molar-refractivity contribution in [3.05, 3.63) is 0 Å². The molecule has 1 aliphatic rings. The molecular formula is C11H19N3O2. The average Bonchev–Trinajstić information content (AvgIpc) is 2.15. The summed E-state index contributed by atoms with van der Waals surface area (Å²) in [5, 5.41) is 11.5. The molecule has 1 aliphatic heterocycles. The second kappa shape index (κ2) is 5.06. The van der Waals surface area contributed by atoms with Gasteiger partial charge < -0.3 is 15.0 Å². The highest BCUT2D eigenvalue weighted by atomic mass is 16.6. The summed E-state index contributed by atoms with van der Waals surface area (Å²) in [6, 6.07) is 0.0169. The minimum atomic E-state index is -0.479. The first-order valence-electron chi connectivity index (χ1n) is 5.55. The highest BCUT2D eigenvalue weighted by Crippen LogP contribution is 2.11. The highest BCUT2D eigenvalue weighted by Gasteiger charge is 2.23. The third kappa shape index (κ3) is 4.39. The van der Waals surface area contributed by atoms with Crippen LogP contribution in [-0.4, -0.2) is 35.7 Å². The summed E-state index contributed by atoms with van der Waals surface area (Å²) in [7, 11) is 0. The summed E-state index contributed by atoms with van der Waals surface area (Å²) < 4.78 is 5.16. The van der Waals surface area contributed by atoms with Crippen LogP contribution < -0.4 is 5.32 Å². The van der Waals surface area contributed by atoms with E-state index in [4.69, 9.17) is 10.00 Å². The predicted octanol–water partition coefficient (Wildman–Crippen LogP) is 1.46. The topological polar surface area (TPSA) is 65.4 Å². The van der Waals surface area contributed by atoms with Gasteiger partial charge in [-0.3, -0.25) is 0 Å². The molecule has 5 heteroatoms. The monoisotopic (exact) mass is 225 g/mol. The number of nitrogens with zero attached hydrogens (tertiary/aromatic N) is 2. The number of hydrogen-bond acceptors (Lipinski definition) is 4. The summed E-state index contributed by atoms with van der Waals surface area (Å²) in [5.74, 6) is 0. The van der Waals surface area contributed by atoms with Crippen LogP contribution in [0.3, 0.4) is 0 Å². The van der Waals surface area contributed by atoms with E-state index in [1.165, 1.54) is 0 Å². The maximum absolute atomic E-state index is 11.5. The summed E-state index contributed by atoms with van der Waals surface area (Å²) in [6.07, 6.45) is 3.52. The number of carbonyl (C=O) groups is 1. The van der Waals surface area contributed by atoms with Gasteiger partial charge in [-0.05, 0) is 33.6 Å². The number of amides is 1. The Hall–Kier alpha value is -1.44. The summed E-state index contributed by atoms with van der Waals surface area (Å²) in [5.41, 5.74) is -0.479. The molecule has 16 heavy (non-hydrogen) atoms. The van der Waals surface area contributed by atoms with Crippen molar-refractivity contribution < 1.29 is 9.53 Å². The standard InChI is InChI=1S/C11H19N3O2/c1-11(2,3)16-10(15)13-9-5-4-6-14(7-9)8-12/h9H,4-7H2,1-3H3,(H,13,15). The maximum atomic E-state index is 11.5. The molecule has 1 saturated heterocycles. The quantitative estimate of drug-likeness (QED) is 0.686. The van der Waals surface area contributed by atoms with E-state index in [1.807, 2.05) is 20.8 Å². The molecule has 1 heterocycles.